The Kier molecular flexibility index (Phi) is 16.6. The summed E-state index contributed by atoms with van der Waals surface area (Å²) in [7, 11) is 0. The normalized spacial score (nSPS) is 15.1. The van der Waals surface area contributed by atoms with Crippen LogP contribution in [0.25, 0.3) is 0 Å². The number of carboxylic acids is 1. The van der Waals surface area contributed by atoms with E-state index >= 15 is 0 Å². The van der Waals surface area contributed by atoms with Crippen LogP contribution in [-0.2, 0) is 9.53 Å². The molecule has 204 valence electrons. The maximum atomic E-state index is 11.4. The smallest absolute Gasteiger partial charge is 0.548 e. The number of benzene rings is 2. The number of hydrogen-bond donors (Lipinski definition) is 0. The van der Waals surface area contributed by atoms with E-state index in [1.807, 2.05) is 48.5 Å². The van der Waals surface area contributed by atoms with Gasteiger partial charge in [0.2, 0.25) is 0 Å². The number of fused-ring (bicyclic) bond motifs is 2. The Morgan fingerprint density at radius 3 is 1.68 bits per heavy atom. The molecule has 38 heavy (non-hydrogen) atoms. The van der Waals surface area contributed by atoms with E-state index in [0.717, 1.165) is 19.3 Å². The first-order valence-electron chi connectivity index (χ1n) is 13.6. The molecule has 3 rings (SSSR count). The molecule has 0 fully saturated rings. The van der Waals surface area contributed by atoms with Gasteiger partial charge in [-0.3, -0.25) is 0 Å². The van der Waals surface area contributed by atoms with Crippen LogP contribution in [-0.4, -0.2) is 44.6 Å². The van der Waals surface area contributed by atoms with E-state index in [2.05, 4.69) is 6.92 Å². The molecule has 0 saturated heterocycles. The summed E-state index contributed by atoms with van der Waals surface area (Å²) >= 11 is 0. The number of hydrogen-bond acceptors (Lipinski definition) is 7. The topological polar surface area (TPSA) is 86.3 Å². The molecule has 0 N–H and O–H groups in total. The first-order valence-corrected chi connectivity index (χ1v) is 13.6. The Morgan fingerprint density at radius 2 is 1.21 bits per heavy atom. The maximum absolute atomic E-state index is 11.4. The van der Waals surface area contributed by atoms with Crippen molar-refractivity contribution in [2.45, 2.75) is 76.7 Å². The van der Waals surface area contributed by atoms with Crippen molar-refractivity contribution >= 4 is 5.97 Å². The Morgan fingerprint density at radius 1 is 0.763 bits per heavy atom. The van der Waals surface area contributed by atoms with Crippen molar-refractivity contribution < 1.29 is 91.8 Å². The molecule has 1 aliphatic rings. The van der Waals surface area contributed by atoms with Crippen LogP contribution in [0.1, 0.15) is 71.1 Å². The number of aliphatic carboxylic acids is 1. The molecule has 0 bridgehead atoms. The quantitative estimate of drug-likeness (QED) is 0.347. The van der Waals surface area contributed by atoms with Crippen LogP contribution in [0, 0.1) is 0 Å². The molecule has 0 saturated carbocycles. The van der Waals surface area contributed by atoms with Crippen LogP contribution < -0.4 is 82.2 Å². The molecule has 2 aromatic carbocycles. The van der Waals surface area contributed by atoms with Crippen LogP contribution in [0.4, 0.5) is 0 Å². The van der Waals surface area contributed by atoms with Crippen LogP contribution in [0.15, 0.2) is 48.5 Å². The third-order valence-electron chi connectivity index (χ3n) is 6.47. The summed E-state index contributed by atoms with van der Waals surface area (Å²) in [5.41, 5.74) is -0.993. The molecule has 1 aliphatic heterocycles. The van der Waals surface area contributed by atoms with E-state index in [1.165, 1.54) is 32.1 Å². The molecule has 0 unspecified atom stereocenters. The molecular formula is C30H41O7Rb. The third kappa shape index (κ3) is 11.9. The number of carboxylic acid groups (broad SMARTS) is 1. The van der Waals surface area contributed by atoms with Crippen molar-refractivity contribution in [2.24, 2.45) is 0 Å². The average Bonchev–Trinajstić information content (AvgIpc) is 2.91. The van der Waals surface area contributed by atoms with Gasteiger partial charge >= 0.3 is 58.2 Å². The molecular weight excluding hydrogens is 558 g/mol. The maximum Gasteiger partial charge on any atom is 1.00 e. The van der Waals surface area contributed by atoms with Crippen molar-refractivity contribution in [3.63, 3.8) is 0 Å². The van der Waals surface area contributed by atoms with E-state index in [4.69, 9.17) is 23.7 Å². The van der Waals surface area contributed by atoms with Crippen LogP contribution in [0.5, 0.6) is 23.0 Å². The standard InChI is InChI=1S/C30H42O7.Rb/c1-2-3-4-5-6-7-8-13-19-30(37-22-29(31)32)23-35-27-17-11-9-15-25(27)33-20-14-21-34-26-16-10-12-18-28(26)36-24-30;/h9-12,15-18H,2-8,13-14,19-24H2,1H3,(H,31,32);/q;+1/p-1. The zero-order chi connectivity index (χ0) is 26.2. The number of ether oxygens (including phenoxy) is 5. The molecule has 0 amide bonds. The minimum atomic E-state index is -1.28. The predicted octanol–water partition coefficient (Wildman–Crippen LogP) is 2.35. The fraction of sp³-hybridized carbons (Fsp3) is 0.567. The zero-order valence-electron chi connectivity index (χ0n) is 23.1. The van der Waals surface area contributed by atoms with E-state index < -0.39 is 18.2 Å². The summed E-state index contributed by atoms with van der Waals surface area (Å²) in [4.78, 5) is 11.4. The van der Waals surface area contributed by atoms with Gasteiger partial charge < -0.3 is 33.6 Å². The van der Waals surface area contributed by atoms with Crippen molar-refractivity contribution in [1.29, 1.82) is 0 Å². The molecule has 7 nitrogen and oxygen atoms in total. The van der Waals surface area contributed by atoms with Crippen molar-refractivity contribution in [3.05, 3.63) is 48.5 Å². The van der Waals surface area contributed by atoms with Gasteiger partial charge in [-0.25, -0.2) is 0 Å². The summed E-state index contributed by atoms with van der Waals surface area (Å²) in [6.07, 6.45) is 10.6. The molecule has 0 aliphatic carbocycles. The SMILES string of the molecule is CCCCCCCCCCC1(OCC(=O)[O-])COc2ccccc2OCCCOc2ccccc2OC1.[Rb+]. The predicted molar refractivity (Wildman–Crippen MR) is 140 cm³/mol. The van der Waals surface area contributed by atoms with Gasteiger partial charge in [0.15, 0.2) is 23.0 Å². The van der Waals surface area contributed by atoms with Gasteiger partial charge in [-0.15, -0.1) is 0 Å². The van der Waals surface area contributed by atoms with E-state index in [-0.39, 0.29) is 71.4 Å². The van der Waals surface area contributed by atoms with E-state index in [0.29, 0.717) is 49.1 Å². The molecule has 0 radical (unpaired) electrons. The van der Waals surface area contributed by atoms with Gasteiger partial charge in [0.1, 0.15) is 18.8 Å². The van der Waals surface area contributed by atoms with Crippen LogP contribution in [0.2, 0.25) is 0 Å². The number of rotatable bonds is 12. The second-order valence-corrected chi connectivity index (χ2v) is 9.59. The number of carbonyl (C=O) groups excluding carboxylic acids is 1. The van der Waals surface area contributed by atoms with Crippen molar-refractivity contribution in [1.82, 2.24) is 0 Å². The minimum Gasteiger partial charge on any atom is -0.548 e. The van der Waals surface area contributed by atoms with Gasteiger partial charge in [-0.05, 0) is 30.7 Å². The first-order chi connectivity index (χ1) is 18.1. The Hall–Kier alpha value is -1.12. The summed E-state index contributed by atoms with van der Waals surface area (Å²) < 4.78 is 30.3. The molecule has 8 heteroatoms. The summed E-state index contributed by atoms with van der Waals surface area (Å²) in [6, 6.07) is 14.9. The fourth-order valence-corrected chi connectivity index (χ4v) is 4.35. The van der Waals surface area contributed by atoms with Gasteiger partial charge in [-0.1, -0.05) is 82.6 Å². The zero-order valence-corrected chi connectivity index (χ0v) is 28.0. The van der Waals surface area contributed by atoms with Gasteiger partial charge in [0, 0.05) is 6.42 Å². The van der Waals surface area contributed by atoms with Crippen molar-refractivity contribution in [2.75, 3.05) is 33.0 Å². The minimum absolute atomic E-state index is 0. The summed E-state index contributed by atoms with van der Waals surface area (Å²) in [6.45, 7) is 2.83. The summed E-state index contributed by atoms with van der Waals surface area (Å²) in [5, 5.41) is 11.4. The number of unbranched alkanes of at least 4 members (excludes halogenated alkanes) is 7. The van der Waals surface area contributed by atoms with Crippen LogP contribution in [0.3, 0.4) is 0 Å². The molecule has 0 aromatic heterocycles. The number of carbonyl (C=O) groups is 1. The van der Waals surface area contributed by atoms with E-state index in [1.54, 1.807) is 0 Å². The number of para-hydroxylation sites is 4. The monoisotopic (exact) mass is 598 g/mol. The second kappa shape index (κ2) is 19.0. The summed E-state index contributed by atoms with van der Waals surface area (Å²) in [5.74, 6) is 1.14. The molecule has 1 heterocycles. The second-order valence-electron chi connectivity index (χ2n) is 9.59. The fourth-order valence-electron chi connectivity index (χ4n) is 4.35. The average molecular weight is 599 g/mol. The molecule has 0 atom stereocenters. The molecule has 2 aromatic rings. The van der Waals surface area contributed by atoms with Crippen LogP contribution >= 0.6 is 0 Å². The van der Waals surface area contributed by atoms with Gasteiger partial charge in [-0.2, -0.15) is 0 Å². The first kappa shape index (κ1) is 33.1. The third-order valence-corrected chi connectivity index (χ3v) is 6.47. The van der Waals surface area contributed by atoms with Gasteiger partial charge in [0.05, 0.1) is 25.8 Å². The Bertz CT molecular complexity index is 883. The Balaban J connectivity index is 0.00000507. The molecule has 0 spiro atoms. The van der Waals surface area contributed by atoms with E-state index in [9.17, 15) is 9.90 Å². The van der Waals surface area contributed by atoms with Crippen molar-refractivity contribution in [3.8, 4) is 23.0 Å². The largest absolute Gasteiger partial charge is 1.00 e. The van der Waals surface area contributed by atoms with Gasteiger partial charge in [0.25, 0.3) is 0 Å². The Labute approximate surface area is 276 Å².